The molecule has 0 aromatic carbocycles. The lowest BCUT2D eigenvalue weighted by Gasteiger charge is -2.14. The van der Waals surface area contributed by atoms with Crippen LogP contribution < -0.4 is 0 Å². The topological polar surface area (TPSA) is 61.9 Å². The summed E-state index contributed by atoms with van der Waals surface area (Å²) in [6, 6.07) is 0.393. The van der Waals surface area contributed by atoms with E-state index in [4.69, 9.17) is 0 Å². The minimum Gasteiger partial charge on any atom is -0.336 e. The number of nitrogens with one attached hydrogen (secondary N) is 1. The lowest BCUT2D eigenvalue weighted by molar-refractivity contribution is 0.0773. The summed E-state index contributed by atoms with van der Waals surface area (Å²) >= 11 is 0. The normalized spacial score (nSPS) is 16.2. The summed E-state index contributed by atoms with van der Waals surface area (Å²) in [4.78, 5) is 17.9. The van der Waals surface area contributed by atoms with E-state index in [0.717, 1.165) is 18.7 Å². The number of carbonyl (C=O) groups excluding carboxylic acids is 1. The van der Waals surface area contributed by atoms with Gasteiger partial charge in [-0.2, -0.15) is 0 Å². The molecule has 1 aromatic rings. The first kappa shape index (κ1) is 11.1. The minimum atomic E-state index is -0.107. The molecule has 2 rings (SSSR count). The van der Waals surface area contributed by atoms with Gasteiger partial charge in [-0.1, -0.05) is 20.8 Å². The molecule has 1 aromatic heterocycles. The summed E-state index contributed by atoms with van der Waals surface area (Å²) in [6.45, 7) is 6.10. The number of nitrogens with zero attached hydrogens (tertiary/aromatic N) is 3. The molecule has 1 heterocycles. The van der Waals surface area contributed by atoms with Gasteiger partial charge in [-0.3, -0.25) is 9.89 Å². The molecule has 0 bridgehead atoms. The van der Waals surface area contributed by atoms with Gasteiger partial charge in [0.25, 0.3) is 5.91 Å². The fourth-order valence-corrected chi connectivity index (χ4v) is 1.48. The van der Waals surface area contributed by atoms with E-state index in [9.17, 15) is 4.79 Å². The van der Waals surface area contributed by atoms with E-state index in [1.54, 1.807) is 4.90 Å². The summed E-state index contributed by atoms with van der Waals surface area (Å²) < 4.78 is 0. The average Bonchev–Trinajstić information content (AvgIpc) is 2.91. The second-order valence-corrected chi connectivity index (χ2v) is 5.40. The lowest BCUT2D eigenvalue weighted by Crippen LogP contribution is -2.29. The van der Waals surface area contributed by atoms with E-state index >= 15 is 0 Å². The molecule has 0 unspecified atom stereocenters. The molecule has 88 valence electrons. The van der Waals surface area contributed by atoms with E-state index in [-0.39, 0.29) is 17.1 Å². The number of carbonyl (C=O) groups is 1. The fourth-order valence-electron chi connectivity index (χ4n) is 1.48. The zero-order chi connectivity index (χ0) is 11.9. The Morgan fingerprint density at radius 3 is 2.50 bits per heavy atom. The number of hydrogen-bond acceptors (Lipinski definition) is 3. The zero-order valence-corrected chi connectivity index (χ0v) is 10.2. The maximum Gasteiger partial charge on any atom is 0.293 e. The molecule has 16 heavy (non-hydrogen) atoms. The highest BCUT2D eigenvalue weighted by Gasteiger charge is 2.32. The molecule has 0 aliphatic heterocycles. The van der Waals surface area contributed by atoms with Gasteiger partial charge >= 0.3 is 0 Å². The van der Waals surface area contributed by atoms with Gasteiger partial charge in [0.05, 0.1) is 0 Å². The smallest absolute Gasteiger partial charge is 0.293 e. The highest BCUT2D eigenvalue weighted by atomic mass is 16.2. The summed E-state index contributed by atoms with van der Waals surface area (Å²) in [5, 5.41) is 6.82. The summed E-state index contributed by atoms with van der Waals surface area (Å²) in [7, 11) is 1.81. The van der Waals surface area contributed by atoms with Gasteiger partial charge in [0.2, 0.25) is 5.82 Å². The van der Waals surface area contributed by atoms with Crippen molar-refractivity contribution in [2.24, 2.45) is 0 Å². The van der Waals surface area contributed by atoms with Gasteiger partial charge < -0.3 is 4.90 Å². The first-order valence-electron chi connectivity index (χ1n) is 5.59. The minimum absolute atomic E-state index is 0.0887. The molecule has 0 saturated heterocycles. The van der Waals surface area contributed by atoms with Crippen LogP contribution in [0.2, 0.25) is 0 Å². The SMILES string of the molecule is CN(C(=O)c1n[nH]c(C(C)(C)C)n1)C1CC1. The first-order chi connectivity index (χ1) is 7.39. The van der Waals surface area contributed by atoms with Gasteiger partial charge in [-0.05, 0) is 12.8 Å². The zero-order valence-electron chi connectivity index (χ0n) is 10.2. The maximum absolute atomic E-state index is 11.9. The predicted octanol–water partition coefficient (Wildman–Crippen LogP) is 1.34. The molecular weight excluding hydrogens is 204 g/mol. The van der Waals surface area contributed by atoms with Crippen LogP contribution in [0.25, 0.3) is 0 Å². The van der Waals surface area contributed by atoms with Crippen LogP contribution in [-0.2, 0) is 5.41 Å². The molecule has 1 N–H and O–H groups in total. The number of aromatic nitrogens is 3. The van der Waals surface area contributed by atoms with Crippen LogP contribution in [0.3, 0.4) is 0 Å². The molecule has 1 aliphatic rings. The van der Waals surface area contributed by atoms with Crippen molar-refractivity contribution < 1.29 is 4.79 Å². The second-order valence-electron chi connectivity index (χ2n) is 5.40. The third kappa shape index (κ3) is 2.08. The Morgan fingerprint density at radius 1 is 1.44 bits per heavy atom. The van der Waals surface area contributed by atoms with E-state index < -0.39 is 0 Å². The number of hydrogen-bond donors (Lipinski definition) is 1. The second kappa shape index (κ2) is 3.57. The number of H-pyrrole nitrogens is 1. The standard InChI is InChI=1S/C11H18N4O/c1-11(2,3)10-12-8(13-14-10)9(16)15(4)7-5-6-7/h7H,5-6H2,1-4H3,(H,12,13,14). The molecular formula is C11H18N4O. The van der Waals surface area contributed by atoms with Gasteiger partial charge in [-0.15, -0.1) is 5.10 Å². The third-order valence-corrected chi connectivity index (χ3v) is 2.80. The van der Waals surface area contributed by atoms with Crippen molar-refractivity contribution in [3.63, 3.8) is 0 Å². The van der Waals surface area contributed by atoms with Crippen molar-refractivity contribution in [2.45, 2.75) is 45.1 Å². The van der Waals surface area contributed by atoms with Crippen LogP contribution >= 0.6 is 0 Å². The molecule has 5 nitrogen and oxygen atoms in total. The van der Waals surface area contributed by atoms with E-state index in [1.165, 1.54) is 0 Å². The van der Waals surface area contributed by atoms with E-state index in [2.05, 4.69) is 15.2 Å². The van der Waals surface area contributed by atoms with Gasteiger partial charge in [0.15, 0.2) is 0 Å². The highest BCUT2D eigenvalue weighted by Crippen LogP contribution is 2.26. The quantitative estimate of drug-likeness (QED) is 0.821. The summed E-state index contributed by atoms with van der Waals surface area (Å²) in [6.07, 6.45) is 2.19. The molecule has 1 fully saturated rings. The fraction of sp³-hybridized carbons (Fsp3) is 0.727. The number of amides is 1. The third-order valence-electron chi connectivity index (χ3n) is 2.80. The van der Waals surface area contributed by atoms with Gasteiger partial charge in [0.1, 0.15) is 5.82 Å². The van der Waals surface area contributed by atoms with Crippen molar-refractivity contribution >= 4 is 5.91 Å². The monoisotopic (exact) mass is 222 g/mol. The summed E-state index contributed by atoms with van der Waals surface area (Å²) in [5.74, 6) is 0.939. The Morgan fingerprint density at radius 2 is 2.06 bits per heavy atom. The van der Waals surface area contributed by atoms with Gasteiger partial charge in [0, 0.05) is 18.5 Å². The van der Waals surface area contributed by atoms with E-state index in [0.29, 0.717) is 6.04 Å². The van der Waals surface area contributed by atoms with Crippen LogP contribution in [0.5, 0.6) is 0 Å². The number of aromatic amines is 1. The maximum atomic E-state index is 11.9. The molecule has 1 amide bonds. The molecule has 0 radical (unpaired) electrons. The Balaban J connectivity index is 2.15. The largest absolute Gasteiger partial charge is 0.336 e. The van der Waals surface area contributed by atoms with Crippen LogP contribution in [0.15, 0.2) is 0 Å². The van der Waals surface area contributed by atoms with E-state index in [1.807, 2.05) is 27.8 Å². The number of rotatable bonds is 2. The Bertz CT molecular complexity index is 400. The molecule has 5 heteroatoms. The molecule has 0 atom stereocenters. The highest BCUT2D eigenvalue weighted by molar-refractivity contribution is 5.90. The van der Waals surface area contributed by atoms with Gasteiger partial charge in [-0.25, -0.2) is 4.98 Å². The average molecular weight is 222 g/mol. The molecule has 1 aliphatic carbocycles. The van der Waals surface area contributed by atoms with Crippen LogP contribution in [-0.4, -0.2) is 39.1 Å². The van der Waals surface area contributed by atoms with Crippen LogP contribution in [0.4, 0.5) is 0 Å². The lowest BCUT2D eigenvalue weighted by atomic mass is 9.96. The molecule has 1 saturated carbocycles. The van der Waals surface area contributed by atoms with Crippen molar-refractivity contribution in [1.29, 1.82) is 0 Å². The Kier molecular flexibility index (Phi) is 2.48. The van der Waals surface area contributed by atoms with Crippen LogP contribution in [0.1, 0.15) is 50.1 Å². The molecule has 0 spiro atoms. The Labute approximate surface area is 95.2 Å². The summed E-state index contributed by atoms with van der Waals surface area (Å²) in [5.41, 5.74) is -0.107. The van der Waals surface area contributed by atoms with Crippen molar-refractivity contribution in [3.8, 4) is 0 Å². The van der Waals surface area contributed by atoms with Crippen molar-refractivity contribution in [2.75, 3.05) is 7.05 Å². The van der Waals surface area contributed by atoms with Crippen LogP contribution in [0, 0.1) is 0 Å². The Hall–Kier alpha value is -1.39. The van der Waals surface area contributed by atoms with Crippen molar-refractivity contribution in [1.82, 2.24) is 20.1 Å². The predicted molar refractivity (Wildman–Crippen MR) is 60.2 cm³/mol. The van der Waals surface area contributed by atoms with Crippen molar-refractivity contribution in [3.05, 3.63) is 11.6 Å². The first-order valence-corrected chi connectivity index (χ1v) is 5.59.